The fraction of sp³-hybridized carbons (Fsp3) is 0.227. The molecule has 0 spiro atoms. The molecule has 0 atom stereocenters. The van der Waals surface area contributed by atoms with Crippen molar-refractivity contribution in [2.24, 2.45) is 0 Å². The highest BCUT2D eigenvalue weighted by atomic mass is 32.1. The number of methoxy groups -OCH3 is 1. The number of aromatic nitrogens is 2. The van der Waals surface area contributed by atoms with Crippen molar-refractivity contribution in [2.45, 2.75) is 13.5 Å². The largest absolute Gasteiger partial charge is 0.483 e. The smallest absolute Gasteiger partial charge is 0.264 e. The molecule has 0 aliphatic rings. The monoisotopic (exact) mass is 438 g/mol. The molecule has 0 saturated carbocycles. The molecule has 8 nitrogen and oxygen atoms in total. The van der Waals surface area contributed by atoms with Gasteiger partial charge in [-0.25, -0.2) is 4.98 Å². The maximum Gasteiger partial charge on any atom is 0.264 e. The summed E-state index contributed by atoms with van der Waals surface area (Å²) in [6, 6.07) is 13.1. The molecule has 0 unspecified atom stereocenters. The van der Waals surface area contributed by atoms with Crippen molar-refractivity contribution in [2.75, 3.05) is 31.0 Å². The summed E-state index contributed by atoms with van der Waals surface area (Å²) in [7, 11) is 1.67. The van der Waals surface area contributed by atoms with Crippen LogP contribution in [0.4, 0.5) is 10.8 Å². The third-order valence-electron chi connectivity index (χ3n) is 4.62. The van der Waals surface area contributed by atoms with Gasteiger partial charge in [0.2, 0.25) is 5.91 Å². The molecule has 0 fully saturated rings. The van der Waals surface area contributed by atoms with Crippen molar-refractivity contribution in [3.8, 4) is 5.75 Å². The topological polar surface area (TPSA) is 94.5 Å². The van der Waals surface area contributed by atoms with E-state index in [1.54, 1.807) is 19.2 Å². The summed E-state index contributed by atoms with van der Waals surface area (Å²) in [6.45, 7) is 2.68. The van der Waals surface area contributed by atoms with Crippen LogP contribution in [0, 0.1) is 0 Å². The Hall–Kier alpha value is -3.43. The standard InChI is InChI=1S/C22H22N4O4S/c1-14(27)23-15-6-7-17-20(12-15)31-22(24-17)25-21(28)13-30-19-5-3-4-18-16(19)8-9-26(18)10-11-29-2/h3-9,12H,10-11,13H2,1-2H3,(H,23,27)(H,24,25,28). The van der Waals surface area contributed by atoms with Gasteiger partial charge < -0.3 is 19.4 Å². The van der Waals surface area contributed by atoms with Crippen molar-refractivity contribution < 1.29 is 19.1 Å². The summed E-state index contributed by atoms with van der Waals surface area (Å²) in [5.74, 6) is 0.212. The van der Waals surface area contributed by atoms with E-state index in [2.05, 4.69) is 20.2 Å². The first-order chi connectivity index (χ1) is 15.0. The highest BCUT2D eigenvalue weighted by Crippen LogP contribution is 2.29. The number of nitrogens with one attached hydrogen (secondary N) is 2. The first kappa shape index (κ1) is 20.8. The molecule has 160 valence electrons. The average Bonchev–Trinajstić information content (AvgIpc) is 3.33. The van der Waals surface area contributed by atoms with Crippen molar-refractivity contribution >= 4 is 55.1 Å². The van der Waals surface area contributed by atoms with Crippen LogP contribution in [-0.4, -0.2) is 41.7 Å². The molecule has 2 N–H and O–H groups in total. The number of amides is 2. The third kappa shape index (κ3) is 4.84. The lowest BCUT2D eigenvalue weighted by atomic mass is 10.2. The second-order valence-corrected chi connectivity index (χ2v) is 7.94. The Kier molecular flexibility index (Phi) is 6.15. The molecule has 4 rings (SSSR count). The van der Waals surface area contributed by atoms with Gasteiger partial charge >= 0.3 is 0 Å². The van der Waals surface area contributed by atoms with Crippen LogP contribution in [0.1, 0.15) is 6.92 Å². The summed E-state index contributed by atoms with van der Waals surface area (Å²) in [4.78, 5) is 28.0. The minimum Gasteiger partial charge on any atom is -0.483 e. The van der Waals surface area contributed by atoms with Gasteiger partial charge in [0.15, 0.2) is 11.7 Å². The second-order valence-electron chi connectivity index (χ2n) is 6.91. The van der Waals surface area contributed by atoms with Crippen LogP contribution < -0.4 is 15.4 Å². The van der Waals surface area contributed by atoms with Gasteiger partial charge in [-0.15, -0.1) is 0 Å². The van der Waals surface area contributed by atoms with Crippen LogP contribution in [0.5, 0.6) is 5.75 Å². The number of benzene rings is 2. The highest BCUT2D eigenvalue weighted by Gasteiger charge is 2.12. The first-order valence-corrected chi connectivity index (χ1v) is 10.5. The molecule has 2 aromatic carbocycles. The number of anilines is 2. The Bertz CT molecular complexity index is 1250. The minimum atomic E-state index is -0.294. The van der Waals surface area contributed by atoms with E-state index >= 15 is 0 Å². The number of carbonyl (C=O) groups excluding carboxylic acids is 2. The van der Waals surface area contributed by atoms with E-state index < -0.39 is 0 Å². The zero-order valence-corrected chi connectivity index (χ0v) is 18.0. The fourth-order valence-electron chi connectivity index (χ4n) is 3.26. The molecule has 2 amide bonds. The normalized spacial score (nSPS) is 11.0. The van der Waals surface area contributed by atoms with Crippen molar-refractivity contribution in [1.82, 2.24) is 9.55 Å². The van der Waals surface area contributed by atoms with Crippen LogP contribution in [0.2, 0.25) is 0 Å². The van der Waals surface area contributed by atoms with Gasteiger partial charge in [-0.05, 0) is 36.4 Å². The van der Waals surface area contributed by atoms with Crippen LogP contribution >= 0.6 is 11.3 Å². The van der Waals surface area contributed by atoms with Crippen LogP contribution in [0.15, 0.2) is 48.7 Å². The lowest BCUT2D eigenvalue weighted by Crippen LogP contribution is -2.20. The number of fused-ring (bicyclic) bond motifs is 2. The number of hydrogen-bond acceptors (Lipinski definition) is 6. The van der Waals surface area contributed by atoms with Crippen LogP contribution in [-0.2, 0) is 20.9 Å². The van der Waals surface area contributed by atoms with Gasteiger partial charge in [0, 0.05) is 37.8 Å². The summed E-state index contributed by atoms with van der Waals surface area (Å²) in [6.07, 6.45) is 1.98. The van der Waals surface area contributed by atoms with Gasteiger partial charge in [0.05, 0.1) is 22.3 Å². The van der Waals surface area contributed by atoms with E-state index in [1.165, 1.54) is 18.3 Å². The Morgan fingerprint density at radius 3 is 2.84 bits per heavy atom. The average molecular weight is 439 g/mol. The molecule has 0 aliphatic carbocycles. The Morgan fingerprint density at radius 1 is 1.16 bits per heavy atom. The Balaban J connectivity index is 1.41. The third-order valence-corrected chi connectivity index (χ3v) is 5.56. The van der Waals surface area contributed by atoms with E-state index in [-0.39, 0.29) is 18.4 Å². The zero-order valence-electron chi connectivity index (χ0n) is 17.2. The molecule has 0 radical (unpaired) electrons. The van der Waals surface area contributed by atoms with Crippen LogP contribution in [0.25, 0.3) is 21.1 Å². The van der Waals surface area contributed by atoms with E-state index in [0.717, 1.165) is 27.7 Å². The maximum absolute atomic E-state index is 12.4. The number of hydrogen-bond donors (Lipinski definition) is 2. The molecule has 2 heterocycles. The number of ether oxygens (including phenoxy) is 2. The molecule has 31 heavy (non-hydrogen) atoms. The van der Waals surface area contributed by atoms with Gasteiger partial charge in [-0.2, -0.15) is 0 Å². The molecule has 4 aromatic rings. The minimum absolute atomic E-state index is 0.130. The summed E-state index contributed by atoms with van der Waals surface area (Å²) in [5, 5.41) is 6.93. The lowest BCUT2D eigenvalue weighted by Gasteiger charge is -2.08. The molecule has 0 saturated heterocycles. The van der Waals surface area contributed by atoms with Gasteiger partial charge in [0.25, 0.3) is 5.91 Å². The SMILES string of the molecule is COCCn1ccc2c(OCC(=O)Nc3nc4ccc(NC(C)=O)cc4s3)cccc21. The van der Waals surface area contributed by atoms with Gasteiger partial charge in [-0.3, -0.25) is 14.9 Å². The second kappa shape index (κ2) is 9.15. The molecule has 9 heteroatoms. The Morgan fingerprint density at radius 2 is 2.03 bits per heavy atom. The fourth-order valence-corrected chi connectivity index (χ4v) is 4.18. The number of rotatable bonds is 8. The first-order valence-electron chi connectivity index (χ1n) is 9.71. The van der Waals surface area contributed by atoms with Gasteiger partial charge in [-0.1, -0.05) is 17.4 Å². The zero-order chi connectivity index (χ0) is 21.8. The highest BCUT2D eigenvalue weighted by molar-refractivity contribution is 7.22. The summed E-state index contributed by atoms with van der Waals surface area (Å²) >= 11 is 1.34. The molecule has 0 aliphatic heterocycles. The van der Waals surface area contributed by atoms with Crippen LogP contribution in [0.3, 0.4) is 0 Å². The van der Waals surface area contributed by atoms with E-state index in [0.29, 0.717) is 23.2 Å². The Labute approximate surface area is 182 Å². The van der Waals surface area contributed by atoms with Gasteiger partial charge in [0.1, 0.15) is 5.75 Å². The predicted octanol–water partition coefficient (Wildman–Crippen LogP) is 3.87. The maximum atomic E-state index is 12.4. The molecular weight excluding hydrogens is 416 g/mol. The van der Waals surface area contributed by atoms with Crippen molar-refractivity contribution in [3.63, 3.8) is 0 Å². The van der Waals surface area contributed by atoms with E-state index in [1.807, 2.05) is 36.5 Å². The molecule has 2 aromatic heterocycles. The number of carbonyl (C=O) groups is 2. The van der Waals surface area contributed by atoms with Crippen molar-refractivity contribution in [1.29, 1.82) is 0 Å². The summed E-state index contributed by atoms with van der Waals surface area (Å²) in [5.41, 5.74) is 2.46. The number of thiazole rings is 1. The summed E-state index contributed by atoms with van der Waals surface area (Å²) < 4.78 is 13.9. The lowest BCUT2D eigenvalue weighted by molar-refractivity contribution is -0.118. The van der Waals surface area contributed by atoms with E-state index in [9.17, 15) is 9.59 Å². The number of nitrogens with zero attached hydrogens (tertiary/aromatic N) is 2. The van der Waals surface area contributed by atoms with E-state index in [4.69, 9.17) is 9.47 Å². The molecule has 0 bridgehead atoms. The predicted molar refractivity (Wildman–Crippen MR) is 122 cm³/mol. The molecular formula is C22H22N4O4S. The van der Waals surface area contributed by atoms with Crippen molar-refractivity contribution in [3.05, 3.63) is 48.7 Å². The quantitative estimate of drug-likeness (QED) is 0.435.